The number of hydrogen-bond donors (Lipinski definition) is 2. The number of aryl methyl sites for hydroxylation is 2. The molecule has 0 saturated carbocycles. The highest BCUT2D eigenvalue weighted by atomic mass is 14.9. The van der Waals surface area contributed by atoms with Crippen molar-refractivity contribution < 1.29 is 0 Å². The Balaban J connectivity index is 1.54. The van der Waals surface area contributed by atoms with Crippen LogP contribution in [-0.2, 0) is 6.42 Å². The molecule has 2 nitrogen and oxygen atoms in total. The normalized spacial score (nSPS) is 10.7. The summed E-state index contributed by atoms with van der Waals surface area (Å²) in [6, 6.07) is 43.0. The van der Waals surface area contributed by atoms with Crippen molar-refractivity contribution in [2.45, 2.75) is 20.3 Å². The number of anilines is 4. The molecule has 5 aromatic rings. The molecule has 35 heavy (non-hydrogen) atoms. The van der Waals surface area contributed by atoms with Crippen molar-refractivity contribution in [3.8, 4) is 11.1 Å². The van der Waals surface area contributed by atoms with Crippen molar-refractivity contribution in [3.05, 3.63) is 144 Å². The first kappa shape index (κ1) is 22.5. The molecule has 0 aromatic heterocycles. The molecule has 2 N–H and O–H groups in total. The van der Waals surface area contributed by atoms with Crippen LogP contribution in [0.2, 0.25) is 0 Å². The molecule has 0 saturated heterocycles. The lowest BCUT2D eigenvalue weighted by Crippen LogP contribution is -1.97. The second kappa shape index (κ2) is 10.3. The zero-order valence-electron chi connectivity index (χ0n) is 20.3. The van der Waals surface area contributed by atoms with Crippen LogP contribution in [0.15, 0.2) is 121 Å². The summed E-state index contributed by atoms with van der Waals surface area (Å²) in [6.45, 7) is 4.22. The first-order valence-corrected chi connectivity index (χ1v) is 12.1. The van der Waals surface area contributed by atoms with E-state index in [2.05, 4.69) is 146 Å². The monoisotopic (exact) mass is 454 g/mol. The van der Waals surface area contributed by atoms with Gasteiger partial charge in [-0.2, -0.15) is 0 Å². The van der Waals surface area contributed by atoms with Crippen molar-refractivity contribution in [1.29, 1.82) is 0 Å². The fraction of sp³-hybridized carbons (Fsp3) is 0.0909. The average Bonchev–Trinajstić information content (AvgIpc) is 2.88. The molecule has 5 rings (SSSR count). The first-order valence-electron chi connectivity index (χ1n) is 12.1. The fourth-order valence-electron chi connectivity index (χ4n) is 4.31. The van der Waals surface area contributed by atoms with Crippen LogP contribution in [0, 0.1) is 13.8 Å². The van der Waals surface area contributed by atoms with Gasteiger partial charge in [-0.3, -0.25) is 0 Å². The van der Waals surface area contributed by atoms with Gasteiger partial charge in [0.05, 0.1) is 0 Å². The Kier molecular flexibility index (Phi) is 6.63. The van der Waals surface area contributed by atoms with E-state index in [4.69, 9.17) is 0 Å². The van der Waals surface area contributed by atoms with Gasteiger partial charge in [-0.25, -0.2) is 0 Å². The molecule has 0 bridgehead atoms. The van der Waals surface area contributed by atoms with Gasteiger partial charge in [0.15, 0.2) is 0 Å². The molecule has 0 aliphatic rings. The summed E-state index contributed by atoms with van der Waals surface area (Å²) in [5, 5.41) is 7.21. The van der Waals surface area contributed by atoms with Gasteiger partial charge in [0.2, 0.25) is 0 Å². The van der Waals surface area contributed by atoms with Crippen LogP contribution in [-0.4, -0.2) is 0 Å². The van der Waals surface area contributed by atoms with Crippen molar-refractivity contribution in [1.82, 2.24) is 0 Å². The minimum atomic E-state index is 0.896. The summed E-state index contributed by atoms with van der Waals surface area (Å²) in [6.07, 6.45) is 0.896. The van der Waals surface area contributed by atoms with Gasteiger partial charge in [-0.1, -0.05) is 90.0 Å². The first-order chi connectivity index (χ1) is 17.1. The Morgan fingerprint density at radius 2 is 1.00 bits per heavy atom. The predicted molar refractivity (Wildman–Crippen MR) is 150 cm³/mol. The summed E-state index contributed by atoms with van der Waals surface area (Å²) in [7, 11) is 0. The molecular weight excluding hydrogens is 424 g/mol. The van der Waals surface area contributed by atoms with E-state index in [0.29, 0.717) is 0 Å². The third-order valence-corrected chi connectivity index (χ3v) is 6.18. The Morgan fingerprint density at radius 3 is 1.57 bits per heavy atom. The molecule has 0 aliphatic heterocycles. The highest BCUT2D eigenvalue weighted by Crippen LogP contribution is 2.33. The van der Waals surface area contributed by atoms with Crippen LogP contribution < -0.4 is 10.6 Å². The van der Waals surface area contributed by atoms with Gasteiger partial charge < -0.3 is 10.6 Å². The lowest BCUT2D eigenvalue weighted by molar-refractivity contribution is 1.19. The molecule has 0 atom stereocenters. The Labute approximate surface area is 208 Å². The Morgan fingerprint density at radius 1 is 0.486 bits per heavy atom. The highest BCUT2D eigenvalue weighted by molar-refractivity contribution is 5.79. The molecule has 0 radical (unpaired) electrons. The average molecular weight is 455 g/mol. The number of hydrogen-bond acceptors (Lipinski definition) is 2. The maximum atomic E-state index is 3.61. The third kappa shape index (κ3) is 5.80. The summed E-state index contributed by atoms with van der Waals surface area (Å²) in [5.74, 6) is 0. The van der Waals surface area contributed by atoms with E-state index < -0.39 is 0 Å². The van der Waals surface area contributed by atoms with E-state index in [1.807, 2.05) is 0 Å². The van der Waals surface area contributed by atoms with Crippen molar-refractivity contribution in [3.63, 3.8) is 0 Å². The number of benzene rings is 5. The molecule has 0 amide bonds. The number of nitrogens with one attached hydrogen (secondary N) is 2. The van der Waals surface area contributed by atoms with Crippen LogP contribution in [0.1, 0.15) is 22.3 Å². The summed E-state index contributed by atoms with van der Waals surface area (Å²) >= 11 is 0. The van der Waals surface area contributed by atoms with Crippen molar-refractivity contribution >= 4 is 22.7 Å². The van der Waals surface area contributed by atoms with Crippen molar-refractivity contribution in [2.24, 2.45) is 0 Å². The van der Waals surface area contributed by atoms with Gasteiger partial charge in [0.1, 0.15) is 0 Å². The predicted octanol–water partition coefficient (Wildman–Crippen LogP) is 9.05. The molecule has 0 aliphatic carbocycles. The smallest absolute Gasteiger partial charge is 0.0411 e. The zero-order chi connectivity index (χ0) is 24.0. The van der Waals surface area contributed by atoms with Gasteiger partial charge in [0, 0.05) is 22.7 Å². The summed E-state index contributed by atoms with van der Waals surface area (Å²) in [4.78, 5) is 0. The van der Waals surface area contributed by atoms with E-state index in [-0.39, 0.29) is 0 Å². The van der Waals surface area contributed by atoms with E-state index >= 15 is 0 Å². The lowest BCUT2D eigenvalue weighted by atomic mass is 9.94. The SMILES string of the molecule is Cc1ccc(Nc2cc(Nc3ccc(C)cc3)cc(-c3ccccc3Cc3ccccc3)c2)cc1. The van der Waals surface area contributed by atoms with Crippen LogP contribution in [0.3, 0.4) is 0 Å². The quantitative estimate of drug-likeness (QED) is 0.256. The minimum Gasteiger partial charge on any atom is -0.355 e. The van der Waals surface area contributed by atoms with Gasteiger partial charge in [-0.05, 0) is 85.0 Å². The van der Waals surface area contributed by atoms with Gasteiger partial charge in [-0.15, -0.1) is 0 Å². The number of rotatable bonds is 7. The fourth-order valence-corrected chi connectivity index (χ4v) is 4.31. The van der Waals surface area contributed by atoms with Gasteiger partial charge in [0.25, 0.3) is 0 Å². The van der Waals surface area contributed by atoms with E-state index in [1.54, 1.807) is 0 Å². The molecule has 172 valence electrons. The standard InChI is InChI=1S/C33H30N2/c1-24-12-16-29(17-13-24)34-31-21-28(22-32(23-31)35-30-18-14-25(2)15-19-30)33-11-7-6-10-27(33)20-26-8-4-3-5-9-26/h3-19,21-23,34-35H,20H2,1-2H3. The van der Waals surface area contributed by atoms with Gasteiger partial charge >= 0.3 is 0 Å². The van der Waals surface area contributed by atoms with Crippen molar-refractivity contribution in [2.75, 3.05) is 10.6 Å². The van der Waals surface area contributed by atoms with E-state index in [9.17, 15) is 0 Å². The molecule has 0 heterocycles. The molecular formula is C33H30N2. The molecule has 2 heteroatoms. The molecule has 0 fully saturated rings. The Bertz CT molecular complexity index is 1340. The molecule has 0 unspecified atom stereocenters. The van der Waals surface area contributed by atoms with Crippen LogP contribution >= 0.6 is 0 Å². The third-order valence-electron chi connectivity index (χ3n) is 6.18. The summed E-state index contributed by atoms with van der Waals surface area (Å²) < 4.78 is 0. The van der Waals surface area contributed by atoms with E-state index in [0.717, 1.165) is 29.2 Å². The highest BCUT2D eigenvalue weighted by Gasteiger charge is 2.10. The maximum Gasteiger partial charge on any atom is 0.0411 e. The maximum absolute atomic E-state index is 3.61. The zero-order valence-corrected chi connectivity index (χ0v) is 20.3. The Hall–Kier alpha value is -4.30. The molecule has 5 aromatic carbocycles. The second-order valence-corrected chi connectivity index (χ2v) is 9.10. The lowest BCUT2D eigenvalue weighted by Gasteiger charge is -2.16. The minimum absolute atomic E-state index is 0.896. The van der Waals surface area contributed by atoms with Crippen LogP contribution in [0.5, 0.6) is 0 Å². The van der Waals surface area contributed by atoms with Crippen LogP contribution in [0.4, 0.5) is 22.7 Å². The van der Waals surface area contributed by atoms with Crippen LogP contribution in [0.25, 0.3) is 11.1 Å². The topological polar surface area (TPSA) is 24.1 Å². The second-order valence-electron chi connectivity index (χ2n) is 9.10. The van der Waals surface area contributed by atoms with E-state index in [1.165, 1.54) is 33.4 Å². The largest absolute Gasteiger partial charge is 0.355 e. The summed E-state index contributed by atoms with van der Waals surface area (Å²) in [5.41, 5.74) is 11.8. The molecule has 0 spiro atoms.